The highest BCUT2D eigenvalue weighted by molar-refractivity contribution is 14.1. The molecule has 2 aliphatic rings. The lowest BCUT2D eigenvalue weighted by atomic mass is 9.82. The average Bonchev–Trinajstić information content (AvgIpc) is 2.86. The van der Waals surface area contributed by atoms with E-state index in [9.17, 15) is 9.59 Å². The van der Waals surface area contributed by atoms with Crippen LogP contribution in [0.1, 0.15) is 67.0 Å². The van der Waals surface area contributed by atoms with Gasteiger partial charge in [-0.1, -0.05) is 34.2 Å². The van der Waals surface area contributed by atoms with Crippen LogP contribution in [0.2, 0.25) is 5.15 Å². The van der Waals surface area contributed by atoms with Crippen molar-refractivity contribution in [3.05, 3.63) is 22.8 Å². The summed E-state index contributed by atoms with van der Waals surface area (Å²) in [6.07, 6.45) is -0.413. The number of rotatable bonds is 2. The molecule has 0 N–H and O–H groups in total. The molecule has 0 aliphatic carbocycles. The number of amides is 2. The first-order valence-electron chi connectivity index (χ1n) is 10.9. The van der Waals surface area contributed by atoms with Crippen molar-refractivity contribution in [2.45, 2.75) is 82.3 Å². The Kier molecular flexibility index (Phi) is 7.36. The van der Waals surface area contributed by atoms with Gasteiger partial charge in [0.25, 0.3) is 0 Å². The predicted octanol–water partition coefficient (Wildman–Crippen LogP) is 3.94. The minimum Gasteiger partial charge on any atom is -0.444 e. The molecule has 2 fully saturated rings. The molecule has 33 heavy (non-hydrogen) atoms. The zero-order chi connectivity index (χ0) is 24.9. The first kappa shape index (κ1) is 26.5. The summed E-state index contributed by atoms with van der Waals surface area (Å²) in [5.41, 5.74) is -0.392. The van der Waals surface area contributed by atoms with Crippen molar-refractivity contribution >= 4 is 58.9 Å². The van der Waals surface area contributed by atoms with Crippen LogP contribution in [0.3, 0.4) is 0 Å². The van der Waals surface area contributed by atoms with Crippen molar-refractivity contribution in [2.24, 2.45) is 0 Å². The number of hydrogen-bond acceptors (Lipinski definition) is 6. The Morgan fingerprint density at radius 3 is 2.27 bits per heavy atom. The van der Waals surface area contributed by atoms with Crippen molar-refractivity contribution < 1.29 is 23.6 Å². The van der Waals surface area contributed by atoms with Crippen LogP contribution >= 0.6 is 34.2 Å². The molecule has 2 amide bonds. The summed E-state index contributed by atoms with van der Waals surface area (Å²) in [6, 6.07) is 3.14. The van der Waals surface area contributed by atoms with Gasteiger partial charge in [0.1, 0.15) is 14.8 Å². The molecule has 2 saturated heterocycles. The quantitative estimate of drug-likeness (QED) is 0.171. The summed E-state index contributed by atoms with van der Waals surface area (Å²) >= 11 is 8.59. The maximum absolute atomic E-state index is 12.8. The SMILES string of the molecule is CC(=O)N1[C@H](I)CN(C(=O)OC(C)(C)C)C[C@H]1c1cc(Cl)nc(B2OC(C)(C)C(C)(C)O2)c1. The number of hydrogen-bond donors (Lipinski definition) is 0. The summed E-state index contributed by atoms with van der Waals surface area (Å²) < 4.78 is 17.6. The lowest BCUT2D eigenvalue weighted by Gasteiger charge is -2.44. The summed E-state index contributed by atoms with van der Waals surface area (Å²) in [7, 11) is -0.695. The van der Waals surface area contributed by atoms with E-state index in [0.29, 0.717) is 12.1 Å². The standard InChI is InChI=1S/C22H32BClIN3O5/c1-13(29)28-15(11-27(12-18(28)25)19(30)31-20(2,3)4)14-9-16(26-17(24)10-14)23-32-21(5,6)22(7,8)33-23/h9-10,15,18H,11-12H2,1-8H3/t15-,18-/m0/s1. The molecule has 1 aromatic heterocycles. The van der Waals surface area contributed by atoms with Gasteiger partial charge < -0.3 is 23.8 Å². The minimum atomic E-state index is -0.695. The van der Waals surface area contributed by atoms with Gasteiger partial charge in [0.2, 0.25) is 5.91 Å². The van der Waals surface area contributed by atoms with Gasteiger partial charge in [-0.3, -0.25) is 4.79 Å². The summed E-state index contributed by atoms with van der Waals surface area (Å²) in [4.78, 5) is 33.2. The van der Waals surface area contributed by atoms with Crippen LogP contribution in [0.5, 0.6) is 0 Å². The molecule has 0 saturated carbocycles. The second-order valence-corrected chi connectivity index (χ2v) is 12.3. The largest absolute Gasteiger partial charge is 0.514 e. The van der Waals surface area contributed by atoms with Gasteiger partial charge in [-0.25, -0.2) is 9.78 Å². The van der Waals surface area contributed by atoms with Gasteiger partial charge >= 0.3 is 13.2 Å². The van der Waals surface area contributed by atoms with E-state index in [4.69, 9.17) is 25.6 Å². The molecule has 3 rings (SSSR count). The third kappa shape index (κ3) is 5.76. The second-order valence-electron chi connectivity index (χ2n) is 10.5. The molecule has 2 aliphatic heterocycles. The minimum absolute atomic E-state index is 0.0895. The molecule has 0 bridgehead atoms. The Labute approximate surface area is 214 Å². The number of piperazine rings is 1. The van der Waals surface area contributed by atoms with E-state index in [1.807, 2.05) is 54.5 Å². The maximum atomic E-state index is 12.8. The first-order valence-corrected chi connectivity index (χ1v) is 12.6. The summed E-state index contributed by atoms with van der Waals surface area (Å²) in [5, 5.41) is 0.264. The lowest BCUT2D eigenvalue weighted by molar-refractivity contribution is -0.134. The Morgan fingerprint density at radius 1 is 1.18 bits per heavy atom. The third-order valence-corrected chi connectivity index (χ3v) is 7.32. The smallest absolute Gasteiger partial charge is 0.444 e. The van der Waals surface area contributed by atoms with Gasteiger partial charge in [-0.15, -0.1) is 0 Å². The zero-order valence-corrected chi connectivity index (χ0v) is 23.4. The Morgan fingerprint density at radius 2 is 1.76 bits per heavy atom. The van der Waals surface area contributed by atoms with E-state index in [2.05, 4.69) is 27.6 Å². The number of carbonyl (C=O) groups is 2. The number of halogens is 2. The van der Waals surface area contributed by atoms with Crippen LogP contribution in [-0.4, -0.2) is 67.8 Å². The van der Waals surface area contributed by atoms with Gasteiger partial charge in [0.15, 0.2) is 0 Å². The molecule has 0 aromatic carbocycles. The van der Waals surface area contributed by atoms with Crippen molar-refractivity contribution in [3.63, 3.8) is 0 Å². The van der Waals surface area contributed by atoms with E-state index < -0.39 is 36.1 Å². The molecular weight excluding hydrogens is 559 g/mol. The summed E-state index contributed by atoms with van der Waals surface area (Å²) in [5.74, 6) is -0.0895. The molecule has 0 unspecified atom stereocenters. The Bertz CT molecular complexity index is 923. The molecule has 3 heterocycles. The molecule has 0 spiro atoms. The lowest BCUT2D eigenvalue weighted by Crippen LogP contribution is -2.56. The van der Waals surface area contributed by atoms with Gasteiger partial charge in [0, 0.05) is 13.5 Å². The number of nitrogens with zero attached hydrogens (tertiary/aromatic N) is 3. The average molecular weight is 592 g/mol. The van der Waals surface area contributed by atoms with Crippen LogP contribution in [0.4, 0.5) is 4.79 Å². The van der Waals surface area contributed by atoms with Crippen LogP contribution in [-0.2, 0) is 18.8 Å². The van der Waals surface area contributed by atoms with Crippen LogP contribution in [0.25, 0.3) is 0 Å². The number of aromatic nitrogens is 1. The van der Waals surface area contributed by atoms with E-state index >= 15 is 0 Å². The number of pyridine rings is 1. The molecule has 182 valence electrons. The van der Waals surface area contributed by atoms with Crippen molar-refractivity contribution in [3.8, 4) is 0 Å². The second kappa shape index (κ2) is 9.16. The number of carbonyl (C=O) groups excluding carboxylic acids is 2. The van der Waals surface area contributed by atoms with Crippen molar-refractivity contribution in [1.29, 1.82) is 0 Å². The predicted molar refractivity (Wildman–Crippen MR) is 136 cm³/mol. The van der Waals surface area contributed by atoms with E-state index in [0.717, 1.165) is 5.56 Å². The fraction of sp³-hybridized carbons (Fsp3) is 0.682. The fourth-order valence-electron chi connectivity index (χ4n) is 3.81. The number of alkyl halides is 1. The fourth-order valence-corrected chi connectivity index (χ4v) is 5.29. The summed E-state index contributed by atoms with van der Waals surface area (Å²) in [6.45, 7) is 15.5. The van der Waals surface area contributed by atoms with Gasteiger partial charge in [0.05, 0.1) is 29.4 Å². The normalized spacial score (nSPS) is 24.7. The zero-order valence-electron chi connectivity index (χ0n) is 20.4. The highest BCUT2D eigenvalue weighted by atomic mass is 127. The van der Waals surface area contributed by atoms with E-state index in [1.165, 1.54) is 6.92 Å². The number of ether oxygens (including phenoxy) is 1. The third-order valence-electron chi connectivity index (χ3n) is 6.13. The maximum Gasteiger partial charge on any atom is 0.514 e. The van der Waals surface area contributed by atoms with E-state index in [-0.39, 0.29) is 21.7 Å². The molecule has 11 heteroatoms. The van der Waals surface area contributed by atoms with Crippen LogP contribution in [0, 0.1) is 0 Å². The highest BCUT2D eigenvalue weighted by Gasteiger charge is 2.52. The van der Waals surface area contributed by atoms with Crippen LogP contribution < -0.4 is 5.59 Å². The van der Waals surface area contributed by atoms with Crippen molar-refractivity contribution in [2.75, 3.05) is 13.1 Å². The Hall–Kier alpha value is -1.11. The topological polar surface area (TPSA) is 81.2 Å². The Balaban J connectivity index is 1.96. The van der Waals surface area contributed by atoms with E-state index in [1.54, 1.807) is 15.9 Å². The molecule has 1 aromatic rings. The van der Waals surface area contributed by atoms with Crippen LogP contribution in [0.15, 0.2) is 12.1 Å². The molecule has 8 nitrogen and oxygen atoms in total. The molecular formula is C22H32BClIN3O5. The van der Waals surface area contributed by atoms with Gasteiger partial charge in [-0.05, 0) is 66.2 Å². The molecule has 0 radical (unpaired) electrons. The first-order chi connectivity index (χ1) is 15.0. The van der Waals surface area contributed by atoms with Crippen molar-refractivity contribution in [1.82, 2.24) is 14.8 Å². The monoisotopic (exact) mass is 591 g/mol. The van der Waals surface area contributed by atoms with Gasteiger partial charge in [-0.2, -0.15) is 0 Å². The highest BCUT2D eigenvalue weighted by Crippen LogP contribution is 2.37. The molecule has 2 atom stereocenters.